The second kappa shape index (κ2) is 57.2. The van der Waals surface area contributed by atoms with Crippen molar-refractivity contribution in [2.75, 3.05) is 39.6 Å². The molecule has 0 spiro atoms. The summed E-state index contributed by atoms with van der Waals surface area (Å²) in [5.41, 5.74) is 0. The molecular weight excluding hydrogens is 1080 g/mol. The third-order valence-electron chi connectivity index (χ3n) is 14.4. The number of ether oxygens (including phenoxy) is 4. The minimum atomic E-state index is -4.94. The van der Waals surface area contributed by atoms with Crippen LogP contribution >= 0.6 is 15.6 Å². The Morgan fingerprint density at radius 1 is 0.296 bits per heavy atom. The highest BCUT2D eigenvalue weighted by Crippen LogP contribution is 2.45. The molecule has 0 aliphatic rings. The number of hydrogen-bond acceptors (Lipinski definition) is 15. The molecule has 0 amide bonds. The van der Waals surface area contributed by atoms with Gasteiger partial charge in [-0.2, -0.15) is 0 Å². The molecule has 0 aliphatic carbocycles. The first-order chi connectivity index (χ1) is 39.2. The van der Waals surface area contributed by atoms with Crippen molar-refractivity contribution in [3.8, 4) is 0 Å². The van der Waals surface area contributed by atoms with Gasteiger partial charge in [0, 0.05) is 25.7 Å². The topological polar surface area (TPSA) is 237 Å². The Kier molecular flexibility index (Phi) is 55.8. The zero-order chi connectivity index (χ0) is 59.8. The Labute approximate surface area is 492 Å². The fourth-order valence-electron chi connectivity index (χ4n) is 9.28. The van der Waals surface area contributed by atoms with Crippen LogP contribution < -0.4 is 0 Å². The highest BCUT2D eigenvalue weighted by molar-refractivity contribution is 7.47. The molecule has 0 aromatic rings. The molecule has 0 aliphatic heterocycles. The molecule has 0 saturated heterocycles. The second-order valence-corrected chi connectivity index (χ2v) is 25.4. The predicted molar refractivity (Wildman–Crippen MR) is 322 cm³/mol. The first kappa shape index (κ1) is 79.1. The van der Waals surface area contributed by atoms with Crippen molar-refractivity contribution in [2.24, 2.45) is 0 Å². The third kappa shape index (κ3) is 56.9. The lowest BCUT2D eigenvalue weighted by molar-refractivity contribution is -0.161. The summed E-state index contributed by atoms with van der Waals surface area (Å²) >= 11 is 0. The molecule has 19 heteroatoms. The van der Waals surface area contributed by atoms with Crippen molar-refractivity contribution in [1.82, 2.24) is 0 Å². The summed E-state index contributed by atoms with van der Waals surface area (Å²) in [6.45, 7) is 4.79. The predicted octanol–water partition coefficient (Wildman–Crippen LogP) is 17.2. The van der Waals surface area contributed by atoms with E-state index in [0.717, 1.165) is 116 Å². The normalized spacial score (nSPS) is 14.2. The van der Waals surface area contributed by atoms with E-state index in [1.807, 2.05) is 0 Å². The maximum Gasteiger partial charge on any atom is 0.472 e. The number of phosphoric acid groups is 2. The molecule has 0 aromatic heterocycles. The summed E-state index contributed by atoms with van der Waals surface area (Å²) in [6.07, 6.45) is 42.0. The van der Waals surface area contributed by atoms with Gasteiger partial charge in [0.15, 0.2) is 12.2 Å². The summed E-state index contributed by atoms with van der Waals surface area (Å²) < 4.78 is 67.7. The number of carbonyl (C=O) groups is 4. The first-order valence-electron chi connectivity index (χ1n) is 32.8. The highest BCUT2D eigenvalue weighted by Gasteiger charge is 2.30. The molecule has 2 unspecified atom stereocenters. The Hall–Kier alpha value is -1.94. The first-order valence-corrected chi connectivity index (χ1v) is 35.8. The lowest BCUT2D eigenvalue weighted by Crippen LogP contribution is -2.30. The zero-order valence-electron chi connectivity index (χ0n) is 51.7. The minimum absolute atomic E-state index is 0.105. The van der Waals surface area contributed by atoms with Crippen molar-refractivity contribution >= 4 is 39.5 Å². The molecule has 0 bridgehead atoms. The van der Waals surface area contributed by atoms with Crippen molar-refractivity contribution in [3.05, 3.63) is 0 Å². The van der Waals surface area contributed by atoms with Crippen molar-refractivity contribution < 1.29 is 80.2 Å². The summed E-state index contributed by atoms with van der Waals surface area (Å²) in [7, 11) is -9.87. The van der Waals surface area contributed by atoms with Gasteiger partial charge in [-0.25, -0.2) is 9.13 Å². The number of aliphatic hydroxyl groups is 1. The van der Waals surface area contributed by atoms with E-state index in [0.29, 0.717) is 25.7 Å². The van der Waals surface area contributed by atoms with E-state index in [2.05, 4.69) is 27.7 Å². The Morgan fingerprint density at radius 2 is 0.494 bits per heavy atom. The summed E-state index contributed by atoms with van der Waals surface area (Å²) in [4.78, 5) is 71.8. The van der Waals surface area contributed by atoms with Crippen LogP contribution in [0.15, 0.2) is 0 Å². The number of esters is 4. The lowest BCUT2D eigenvalue weighted by Gasteiger charge is -2.21. The third-order valence-corrected chi connectivity index (χ3v) is 16.3. The van der Waals surface area contributed by atoms with Crippen LogP contribution in [0.1, 0.15) is 317 Å². The van der Waals surface area contributed by atoms with Gasteiger partial charge in [-0.1, -0.05) is 265 Å². The van der Waals surface area contributed by atoms with Crippen LogP contribution in [-0.2, 0) is 65.4 Å². The summed E-state index contributed by atoms with van der Waals surface area (Å²) in [5, 5.41) is 10.5. The van der Waals surface area contributed by atoms with Gasteiger partial charge in [-0.15, -0.1) is 0 Å². The summed E-state index contributed by atoms with van der Waals surface area (Å²) in [6, 6.07) is 0. The Morgan fingerprint density at radius 3 is 0.728 bits per heavy atom. The Bertz CT molecular complexity index is 1570. The zero-order valence-corrected chi connectivity index (χ0v) is 53.5. The molecular formula is C62H120O17P2. The summed E-state index contributed by atoms with van der Waals surface area (Å²) in [5.74, 6) is -2.14. The molecule has 0 rings (SSSR count). The van der Waals surface area contributed by atoms with Gasteiger partial charge in [-0.3, -0.25) is 37.3 Å². The van der Waals surface area contributed by atoms with Crippen LogP contribution in [0.4, 0.5) is 0 Å². The fourth-order valence-corrected chi connectivity index (χ4v) is 10.9. The van der Waals surface area contributed by atoms with E-state index < -0.39 is 97.5 Å². The highest BCUT2D eigenvalue weighted by atomic mass is 31.2. The minimum Gasteiger partial charge on any atom is -0.462 e. The van der Waals surface area contributed by atoms with Crippen molar-refractivity contribution in [1.29, 1.82) is 0 Å². The Balaban J connectivity index is 5.11. The van der Waals surface area contributed by atoms with E-state index in [-0.39, 0.29) is 25.7 Å². The quantitative estimate of drug-likeness (QED) is 0.0222. The van der Waals surface area contributed by atoms with E-state index in [4.69, 9.17) is 37.0 Å². The van der Waals surface area contributed by atoms with Crippen LogP contribution in [-0.4, -0.2) is 96.7 Å². The molecule has 81 heavy (non-hydrogen) atoms. The van der Waals surface area contributed by atoms with Gasteiger partial charge in [0.1, 0.15) is 19.3 Å². The standard InChI is InChI=1S/C62H120O17P2/c1-5-9-13-17-21-24-25-26-27-28-29-30-31-32-33-37-41-45-49-62(67)79-58(53-73-60(65)47-43-39-35-22-18-14-10-6-2)55-77-81(70,71)75-51-56(63)50-74-80(68,69)76-54-57(52-72-59(64)46-42-38-34-20-16-12-8-4)78-61(66)48-44-40-36-23-19-15-11-7-3/h56-58,63H,5-55H2,1-4H3,(H,68,69)(H,70,71)/t56-,57+,58+/m0/s1. The molecule has 17 nitrogen and oxygen atoms in total. The largest absolute Gasteiger partial charge is 0.472 e. The van der Waals surface area contributed by atoms with Crippen molar-refractivity contribution in [3.63, 3.8) is 0 Å². The molecule has 0 fully saturated rings. The monoisotopic (exact) mass is 1200 g/mol. The number of aliphatic hydroxyl groups excluding tert-OH is 1. The SMILES string of the molecule is CCCCCCCCCCCCCCCCCCCCC(=O)O[C@H](COC(=O)CCCCCCCCCC)COP(=O)(O)OC[C@@H](O)COP(=O)(O)OC[C@@H](COC(=O)CCCCCCCCC)OC(=O)CCCCCCCCCC. The number of phosphoric ester groups is 2. The van der Waals surface area contributed by atoms with E-state index in [1.165, 1.54) is 122 Å². The van der Waals surface area contributed by atoms with Crippen molar-refractivity contribution in [2.45, 2.75) is 335 Å². The van der Waals surface area contributed by atoms with Crippen LogP contribution in [0.2, 0.25) is 0 Å². The molecule has 5 atom stereocenters. The van der Waals surface area contributed by atoms with E-state index in [1.54, 1.807) is 0 Å². The molecule has 0 heterocycles. The maximum atomic E-state index is 12.9. The van der Waals surface area contributed by atoms with Crippen LogP contribution in [0.25, 0.3) is 0 Å². The fraction of sp³-hybridized carbons (Fsp3) is 0.935. The molecule has 0 radical (unpaired) electrons. The van der Waals surface area contributed by atoms with Crippen LogP contribution in [0.5, 0.6) is 0 Å². The number of hydrogen-bond donors (Lipinski definition) is 3. The molecule has 3 N–H and O–H groups in total. The number of carbonyl (C=O) groups excluding carboxylic acids is 4. The van der Waals surface area contributed by atoms with Crippen LogP contribution in [0.3, 0.4) is 0 Å². The average molecular weight is 1200 g/mol. The van der Waals surface area contributed by atoms with Gasteiger partial charge >= 0.3 is 39.5 Å². The van der Waals surface area contributed by atoms with Gasteiger partial charge in [0.05, 0.1) is 26.4 Å². The smallest absolute Gasteiger partial charge is 0.462 e. The van der Waals surface area contributed by atoms with Gasteiger partial charge in [-0.05, 0) is 25.7 Å². The lowest BCUT2D eigenvalue weighted by atomic mass is 10.0. The molecule has 480 valence electrons. The number of unbranched alkanes of at least 4 members (excludes halogenated alkanes) is 37. The van der Waals surface area contributed by atoms with E-state index in [9.17, 15) is 43.2 Å². The second-order valence-electron chi connectivity index (χ2n) is 22.4. The number of rotatable bonds is 63. The van der Waals surface area contributed by atoms with Gasteiger partial charge in [0.2, 0.25) is 0 Å². The van der Waals surface area contributed by atoms with E-state index >= 15 is 0 Å². The molecule has 0 aromatic carbocycles. The maximum absolute atomic E-state index is 12.9. The van der Waals surface area contributed by atoms with Crippen LogP contribution in [0, 0.1) is 0 Å². The molecule has 0 saturated carbocycles. The van der Waals surface area contributed by atoms with Gasteiger partial charge in [0.25, 0.3) is 0 Å². The van der Waals surface area contributed by atoms with Gasteiger partial charge < -0.3 is 33.8 Å². The average Bonchev–Trinajstić information content (AvgIpc) is 3.44.